The minimum Gasteiger partial charge on any atom is -0.494 e. The molecule has 0 aliphatic heterocycles. The lowest BCUT2D eigenvalue weighted by molar-refractivity contribution is -0.114. The molecule has 0 radical (unpaired) electrons. The zero-order valence-corrected chi connectivity index (χ0v) is 20.4. The van der Waals surface area contributed by atoms with Crippen LogP contribution in [0.3, 0.4) is 0 Å². The third-order valence-corrected chi connectivity index (χ3v) is 5.11. The van der Waals surface area contributed by atoms with E-state index in [-0.39, 0.29) is 11.7 Å². The van der Waals surface area contributed by atoms with Gasteiger partial charge in [-0.2, -0.15) is 0 Å². The Kier molecular flexibility index (Phi) is 8.77. The summed E-state index contributed by atoms with van der Waals surface area (Å²) in [5, 5.41) is 5.82. The number of benzene rings is 2. The molecule has 184 valence electrons. The number of carbonyl (C=O) groups excluding carboxylic acids is 2. The van der Waals surface area contributed by atoms with Crippen LogP contribution in [0.25, 0.3) is 22.5 Å². The third kappa shape index (κ3) is 6.69. The highest BCUT2D eigenvalue weighted by Gasteiger charge is 2.09. The maximum Gasteiger partial charge on any atom is 0.222 e. The molecule has 36 heavy (non-hydrogen) atoms. The Morgan fingerprint density at radius 2 is 1.83 bits per heavy atom. The maximum atomic E-state index is 12.7. The first kappa shape index (κ1) is 26.0. The monoisotopic (exact) mass is 487 g/mol. The number of rotatable bonds is 6. The lowest BCUT2D eigenvalue weighted by Gasteiger charge is -2.10. The number of hydrogen-bond donors (Lipinski definition) is 2. The van der Waals surface area contributed by atoms with Crippen molar-refractivity contribution in [3.63, 3.8) is 0 Å². The summed E-state index contributed by atoms with van der Waals surface area (Å²) in [5.74, 6) is -0.0396. The molecule has 2 N–H and O–H groups in total. The summed E-state index contributed by atoms with van der Waals surface area (Å²) in [6.45, 7) is 3.50. The summed E-state index contributed by atoms with van der Waals surface area (Å²) >= 11 is 0. The molecule has 1 amide bonds. The number of ether oxygens (including phenoxy) is 1. The number of halogens is 1. The average molecular weight is 488 g/mol. The molecule has 0 aliphatic carbocycles. The van der Waals surface area contributed by atoms with Gasteiger partial charge in [-0.1, -0.05) is 6.07 Å². The van der Waals surface area contributed by atoms with Gasteiger partial charge in [0.15, 0.2) is 11.6 Å². The lowest BCUT2D eigenvalue weighted by atomic mass is 10.0. The van der Waals surface area contributed by atoms with Crippen LogP contribution in [0.1, 0.15) is 22.8 Å². The van der Waals surface area contributed by atoms with Crippen LogP contribution >= 0.6 is 0 Å². The predicted octanol–water partition coefficient (Wildman–Crippen LogP) is 5.16. The van der Waals surface area contributed by atoms with Crippen molar-refractivity contribution in [2.45, 2.75) is 13.8 Å². The molecule has 0 bridgehead atoms. The van der Waals surface area contributed by atoms with Gasteiger partial charge in [-0.3, -0.25) is 14.6 Å². The number of amides is 1. The minimum atomic E-state index is -0.460. The van der Waals surface area contributed by atoms with E-state index in [1.54, 1.807) is 24.7 Å². The fraction of sp³-hybridized carbons (Fsp3) is 0.148. The van der Waals surface area contributed by atoms with E-state index in [0.29, 0.717) is 17.7 Å². The number of aromatic nitrogens is 3. The molecule has 4 aromatic rings. The number of aryl methyl sites for hydroxylation is 1. The van der Waals surface area contributed by atoms with Crippen molar-refractivity contribution in [2.75, 3.05) is 24.8 Å². The smallest absolute Gasteiger partial charge is 0.222 e. The van der Waals surface area contributed by atoms with Crippen molar-refractivity contribution in [3.8, 4) is 28.3 Å². The Hall–Kier alpha value is -4.66. The molecular weight excluding hydrogens is 461 g/mol. The second kappa shape index (κ2) is 12.2. The van der Waals surface area contributed by atoms with Gasteiger partial charge in [0, 0.05) is 42.5 Å². The first-order valence-corrected chi connectivity index (χ1v) is 11.0. The van der Waals surface area contributed by atoms with Crippen LogP contribution in [0, 0.1) is 12.7 Å². The fourth-order valence-corrected chi connectivity index (χ4v) is 3.28. The van der Waals surface area contributed by atoms with Crippen LogP contribution in [0.15, 0.2) is 67.1 Å². The van der Waals surface area contributed by atoms with E-state index < -0.39 is 5.82 Å². The summed E-state index contributed by atoms with van der Waals surface area (Å²) in [5.41, 5.74) is 5.94. The van der Waals surface area contributed by atoms with Gasteiger partial charge in [-0.25, -0.2) is 14.4 Å². The summed E-state index contributed by atoms with van der Waals surface area (Å²) in [7, 11) is 3.24. The number of pyridine rings is 1. The van der Waals surface area contributed by atoms with Crippen LogP contribution in [0.4, 0.5) is 15.9 Å². The molecule has 2 aromatic carbocycles. The van der Waals surface area contributed by atoms with E-state index in [9.17, 15) is 14.0 Å². The van der Waals surface area contributed by atoms with E-state index >= 15 is 0 Å². The van der Waals surface area contributed by atoms with Gasteiger partial charge in [0.2, 0.25) is 5.91 Å². The highest BCUT2D eigenvalue weighted by atomic mass is 19.1. The normalized spacial score (nSPS) is 10.0. The number of anilines is 2. The molecular formula is C27H26FN5O3. The molecule has 8 nitrogen and oxygen atoms in total. The summed E-state index contributed by atoms with van der Waals surface area (Å²) < 4.78 is 17.3. The predicted molar refractivity (Wildman–Crippen MR) is 138 cm³/mol. The van der Waals surface area contributed by atoms with E-state index in [1.165, 1.54) is 32.2 Å². The van der Waals surface area contributed by atoms with Gasteiger partial charge in [-0.15, -0.1) is 0 Å². The van der Waals surface area contributed by atoms with Gasteiger partial charge in [0.1, 0.15) is 12.1 Å². The fourth-order valence-electron chi connectivity index (χ4n) is 3.28. The molecule has 0 saturated carbocycles. The Balaban J connectivity index is 0.000000275. The second-order valence-electron chi connectivity index (χ2n) is 7.69. The molecule has 2 heterocycles. The molecule has 0 saturated heterocycles. The molecule has 0 unspecified atom stereocenters. The first-order chi connectivity index (χ1) is 17.3. The van der Waals surface area contributed by atoms with Gasteiger partial charge in [-0.05, 0) is 55.0 Å². The number of nitrogens with zero attached hydrogens (tertiary/aromatic N) is 3. The first-order valence-electron chi connectivity index (χ1n) is 11.0. The van der Waals surface area contributed by atoms with Crippen LogP contribution in [-0.2, 0) is 4.79 Å². The van der Waals surface area contributed by atoms with Gasteiger partial charge >= 0.3 is 0 Å². The molecule has 2 aromatic heterocycles. The SMILES string of the molecule is CNc1ccc(C)c(-c2cncc(-c3ccnc(NC(C)=O)c3)n2)c1.COc1cc(C=O)ccc1F. The number of hydrogen-bond acceptors (Lipinski definition) is 7. The number of aldehydes is 1. The van der Waals surface area contributed by atoms with Crippen molar-refractivity contribution in [2.24, 2.45) is 0 Å². The molecule has 9 heteroatoms. The third-order valence-electron chi connectivity index (χ3n) is 5.11. The van der Waals surface area contributed by atoms with Gasteiger partial charge in [0.05, 0.1) is 30.9 Å². The highest BCUT2D eigenvalue weighted by Crippen LogP contribution is 2.27. The molecule has 0 spiro atoms. The lowest BCUT2D eigenvalue weighted by Crippen LogP contribution is -2.07. The van der Waals surface area contributed by atoms with Crippen molar-refractivity contribution >= 4 is 23.7 Å². The zero-order chi connectivity index (χ0) is 26.1. The summed E-state index contributed by atoms with van der Waals surface area (Å²) in [6, 6.07) is 13.7. The van der Waals surface area contributed by atoms with Crippen LogP contribution < -0.4 is 15.4 Å². The summed E-state index contributed by atoms with van der Waals surface area (Å²) in [4.78, 5) is 34.6. The van der Waals surface area contributed by atoms with Crippen molar-refractivity contribution < 1.29 is 18.7 Å². The average Bonchev–Trinajstić information content (AvgIpc) is 2.89. The molecule has 0 aliphatic rings. The Labute approximate surface area is 208 Å². The van der Waals surface area contributed by atoms with E-state index in [4.69, 9.17) is 4.98 Å². The zero-order valence-electron chi connectivity index (χ0n) is 20.4. The summed E-state index contributed by atoms with van der Waals surface area (Å²) in [6.07, 6.45) is 5.73. The van der Waals surface area contributed by atoms with Crippen LogP contribution in [-0.4, -0.2) is 41.3 Å². The molecule has 0 atom stereocenters. The number of carbonyl (C=O) groups is 2. The second-order valence-corrected chi connectivity index (χ2v) is 7.69. The maximum absolute atomic E-state index is 12.7. The minimum absolute atomic E-state index is 0.0922. The van der Waals surface area contributed by atoms with Crippen molar-refractivity contribution in [1.29, 1.82) is 0 Å². The van der Waals surface area contributed by atoms with E-state index in [1.807, 2.05) is 26.1 Å². The number of nitrogens with one attached hydrogen (secondary N) is 2. The molecule has 4 rings (SSSR count). The van der Waals surface area contributed by atoms with Gasteiger partial charge < -0.3 is 15.4 Å². The van der Waals surface area contributed by atoms with E-state index in [0.717, 1.165) is 33.8 Å². The quantitative estimate of drug-likeness (QED) is 0.362. The highest BCUT2D eigenvalue weighted by molar-refractivity contribution is 5.88. The standard InChI is InChI=1S/C19H19N5O.C8H7FO2/c1-12-4-5-15(20-3)9-16(12)18-11-21-10-17(24-18)14-6-7-22-19(8-14)23-13(2)25;1-11-8-4-6(5-10)2-3-7(8)9/h4-11,20H,1-3H3,(H,22,23,25);2-5H,1H3. The Bertz CT molecular complexity index is 1380. The number of methoxy groups -OCH3 is 1. The van der Waals surface area contributed by atoms with Gasteiger partial charge in [0.25, 0.3) is 0 Å². The largest absolute Gasteiger partial charge is 0.494 e. The van der Waals surface area contributed by atoms with Crippen LogP contribution in [0.5, 0.6) is 5.75 Å². The molecule has 0 fully saturated rings. The van der Waals surface area contributed by atoms with Crippen molar-refractivity contribution in [1.82, 2.24) is 15.0 Å². The van der Waals surface area contributed by atoms with Crippen molar-refractivity contribution in [3.05, 3.63) is 84.1 Å². The van der Waals surface area contributed by atoms with Crippen LogP contribution in [0.2, 0.25) is 0 Å². The van der Waals surface area contributed by atoms with E-state index in [2.05, 4.69) is 37.5 Å². The topological polar surface area (TPSA) is 106 Å². The Morgan fingerprint density at radius 3 is 2.53 bits per heavy atom. The Morgan fingerprint density at radius 1 is 1.06 bits per heavy atom.